The predicted octanol–water partition coefficient (Wildman–Crippen LogP) is 8.56. The lowest BCUT2D eigenvalue weighted by Gasteiger charge is -2.57. The Labute approximate surface area is 249 Å². The van der Waals surface area contributed by atoms with Crippen LogP contribution in [-0.4, -0.2) is 33.8 Å². The topological polar surface area (TPSA) is 59.0 Å². The maximum Gasteiger partial charge on any atom is 0.408 e. The Morgan fingerprint density at radius 2 is 1.48 bits per heavy atom. The van der Waals surface area contributed by atoms with Crippen molar-refractivity contribution in [3.63, 3.8) is 0 Å². The minimum Gasteiger partial charge on any atom is -0.465 e. The predicted molar refractivity (Wildman–Crippen MR) is 166 cm³/mol. The number of nitrogens with zero attached hydrogens (tertiary/aromatic N) is 1. The van der Waals surface area contributed by atoms with Crippen molar-refractivity contribution in [2.75, 3.05) is 0 Å². The van der Waals surface area contributed by atoms with Crippen LogP contribution in [-0.2, 0) is 29.3 Å². The lowest BCUT2D eigenvalue weighted by molar-refractivity contribution is -0.143. The van der Waals surface area contributed by atoms with Crippen LogP contribution < -0.4 is 0 Å². The highest BCUT2D eigenvalue weighted by Crippen LogP contribution is 2.58. The Bertz CT molecular complexity index is 1530. The summed E-state index contributed by atoms with van der Waals surface area (Å²) in [4.78, 5) is 14.5. The molecule has 2 aliphatic heterocycles. The summed E-state index contributed by atoms with van der Waals surface area (Å²) in [6.07, 6.45) is 1.31. The third-order valence-electron chi connectivity index (χ3n) is 9.55. The molecule has 4 unspecified atom stereocenters. The van der Waals surface area contributed by atoms with E-state index in [1.165, 1.54) is 16.3 Å². The van der Waals surface area contributed by atoms with Crippen molar-refractivity contribution in [2.45, 2.75) is 83.5 Å². The fraction of sp³-hybridized carbons (Fsp3) is 0.378. The first-order chi connectivity index (χ1) is 20.3. The zero-order valence-corrected chi connectivity index (χ0v) is 24.8. The van der Waals surface area contributed by atoms with Gasteiger partial charge < -0.3 is 14.6 Å². The highest BCUT2D eigenvalue weighted by molar-refractivity contribution is 5.82. The Kier molecular flexibility index (Phi) is 7.82. The summed E-state index contributed by atoms with van der Waals surface area (Å²) >= 11 is 0. The van der Waals surface area contributed by atoms with Crippen LogP contribution in [0.3, 0.4) is 0 Å². The number of piperidine rings is 1. The van der Waals surface area contributed by atoms with Crippen molar-refractivity contribution in [1.29, 1.82) is 0 Å². The van der Waals surface area contributed by atoms with E-state index in [4.69, 9.17) is 9.47 Å². The molecule has 4 aromatic rings. The van der Waals surface area contributed by atoms with E-state index in [2.05, 4.69) is 99.6 Å². The molecule has 0 saturated carbocycles. The standard InChI is InChI=1S/C37H41NO4/c1-36(2,3)37-20-19-32(38(37)35(39)40)22-33(34(37)42-25-28-15-16-29-11-7-8-12-31(29)21-28)30-17-13-27(14-18-30)24-41-23-26-9-5-4-6-10-26/h4-18,21,32-34H,19-20,22-25H2,1-3H3,(H,39,40). The molecule has 2 aliphatic rings. The normalized spacial score (nSPS) is 23.8. The number of carboxylic acid groups (broad SMARTS) is 1. The highest BCUT2D eigenvalue weighted by atomic mass is 16.5. The first-order valence-corrected chi connectivity index (χ1v) is 15.1. The molecule has 1 N–H and O–H groups in total. The van der Waals surface area contributed by atoms with Crippen molar-refractivity contribution in [3.05, 3.63) is 119 Å². The van der Waals surface area contributed by atoms with Crippen LogP contribution in [0.25, 0.3) is 10.8 Å². The number of hydrogen-bond donors (Lipinski definition) is 1. The van der Waals surface area contributed by atoms with Gasteiger partial charge in [0.1, 0.15) is 0 Å². The molecule has 4 atom stereocenters. The zero-order valence-electron chi connectivity index (χ0n) is 24.8. The van der Waals surface area contributed by atoms with Gasteiger partial charge in [-0.15, -0.1) is 0 Å². The van der Waals surface area contributed by atoms with Gasteiger partial charge in [-0.3, -0.25) is 4.90 Å². The van der Waals surface area contributed by atoms with Crippen LogP contribution >= 0.6 is 0 Å². The summed E-state index contributed by atoms with van der Waals surface area (Å²) in [6.45, 7) is 8.08. The zero-order chi connectivity index (χ0) is 29.3. The molecule has 6 rings (SSSR count). The molecule has 218 valence electrons. The summed E-state index contributed by atoms with van der Waals surface area (Å²) in [5, 5.41) is 12.9. The first kappa shape index (κ1) is 28.4. The Morgan fingerprint density at radius 1 is 0.833 bits per heavy atom. The van der Waals surface area contributed by atoms with Crippen LogP contribution in [0.5, 0.6) is 0 Å². The molecule has 2 fully saturated rings. The van der Waals surface area contributed by atoms with Crippen LogP contribution in [0.1, 0.15) is 68.2 Å². The second kappa shape index (κ2) is 11.5. The molecule has 4 aromatic carbocycles. The van der Waals surface area contributed by atoms with Gasteiger partial charge in [0, 0.05) is 12.0 Å². The molecule has 2 saturated heterocycles. The summed E-state index contributed by atoms with van der Waals surface area (Å²) in [5.41, 5.74) is 3.66. The van der Waals surface area contributed by atoms with Gasteiger partial charge >= 0.3 is 6.09 Å². The first-order valence-electron chi connectivity index (χ1n) is 15.1. The van der Waals surface area contributed by atoms with Crippen LogP contribution in [0.4, 0.5) is 4.79 Å². The molecule has 0 aromatic heterocycles. The third-order valence-corrected chi connectivity index (χ3v) is 9.55. The van der Waals surface area contributed by atoms with E-state index < -0.39 is 11.6 Å². The highest BCUT2D eigenvalue weighted by Gasteiger charge is 2.65. The van der Waals surface area contributed by atoms with Crippen LogP contribution in [0.2, 0.25) is 0 Å². The lowest BCUT2D eigenvalue weighted by atomic mass is 9.63. The van der Waals surface area contributed by atoms with Crippen molar-refractivity contribution in [1.82, 2.24) is 4.90 Å². The maximum atomic E-state index is 12.8. The number of ether oxygens (including phenoxy) is 2. The molecule has 2 heterocycles. The molecule has 1 amide bonds. The number of rotatable bonds is 8. The number of carbonyl (C=O) groups is 1. The summed E-state index contributed by atoms with van der Waals surface area (Å²) in [5.74, 6) is 0.0899. The van der Waals surface area contributed by atoms with Gasteiger partial charge in [0.2, 0.25) is 0 Å². The van der Waals surface area contributed by atoms with E-state index in [-0.39, 0.29) is 23.5 Å². The number of amides is 1. The fourth-order valence-electron chi connectivity index (χ4n) is 7.51. The smallest absolute Gasteiger partial charge is 0.408 e. The molecular formula is C37H41NO4. The molecule has 5 nitrogen and oxygen atoms in total. The lowest BCUT2D eigenvalue weighted by Crippen LogP contribution is -2.68. The molecule has 42 heavy (non-hydrogen) atoms. The minimum atomic E-state index is -0.837. The van der Waals surface area contributed by atoms with E-state index in [0.29, 0.717) is 19.8 Å². The van der Waals surface area contributed by atoms with Crippen molar-refractivity contribution in [3.8, 4) is 0 Å². The van der Waals surface area contributed by atoms with Gasteiger partial charge in [-0.2, -0.15) is 0 Å². The van der Waals surface area contributed by atoms with Crippen molar-refractivity contribution >= 4 is 16.9 Å². The van der Waals surface area contributed by atoms with E-state index in [9.17, 15) is 9.90 Å². The van der Waals surface area contributed by atoms with Crippen LogP contribution in [0, 0.1) is 5.41 Å². The second-order valence-electron chi connectivity index (χ2n) is 13.0. The van der Waals surface area contributed by atoms with E-state index in [0.717, 1.165) is 36.0 Å². The number of benzene rings is 4. The monoisotopic (exact) mass is 563 g/mol. The largest absolute Gasteiger partial charge is 0.465 e. The number of hydrogen-bond acceptors (Lipinski definition) is 3. The van der Waals surface area contributed by atoms with Gasteiger partial charge in [0.25, 0.3) is 0 Å². The van der Waals surface area contributed by atoms with Gasteiger partial charge in [0.05, 0.1) is 31.5 Å². The van der Waals surface area contributed by atoms with Gasteiger partial charge in [-0.1, -0.05) is 112 Å². The average Bonchev–Trinajstić information content (AvgIpc) is 3.30. The SMILES string of the molecule is CC(C)(C)C12CCC(CC(c3ccc(COCc4ccccc4)cc3)C1OCc1ccc3ccccc3c1)N2C(=O)O. The molecule has 5 heteroatoms. The van der Waals surface area contributed by atoms with Gasteiger partial charge in [-0.25, -0.2) is 4.79 Å². The maximum absolute atomic E-state index is 12.8. The second-order valence-corrected chi connectivity index (χ2v) is 13.0. The Morgan fingerprint density at radius 3 is 2.17 bits per heavy atom. The summed E-state index contributed by atoms with van der Waals surface area (Å²) in [6, 6.07) is 33.7. The average molecular weight is 564 g/mol. The summed E-state index contributed by atoms with van der Waals surface area (Å²) < 4.78 is 12.9. The number of fused-ring (bicyclic) bond motifs is 3. The molecule has 2 bridgehead atoms. The van der Waals surface area contributed by atoms with Crippen LogP contribution in [0.15, 0.2) is 97.1 Å². The minimum absolute atomic E-state index is 0.0128. The van der Waals surface area contributed by atoms with E-state index >= 15 is 0 Å². The molecule has 0 aliphatic carbocycles. The van der Waals surface area contributed by atoms with E-state index in [1.807, 2.05) is 18.2 Å². The molecule has 0 radical (unpaired) electrons. The quantitative estimate of drug-likeness (QED) is 0.233. The summed E-state index contributed by atoms with van der Waals surface area (Å²) in [7, 11) is 0. The van der Waals surface area contributed by atoms with Gasteiger partial charge in [0.15, 0.2) is 0 Å². The Balaban J connectivity index is 1.28. The third kappa shape index (κ3) is 5.32. The van der Waals surface area contributed by atoms with E-state index in [1.54, 1.807) is 4.90 Å². The Hall–Kier alpha value is -3.67. The van der Waals surface area contributed by atoms with Crippen molar-refractivity contribution < 1.29 is 19.4 Å². The van der Waals surface area contributed by atoms with Gasteiger partial charge in [-0.05, 0) is 63.8 Å². The molecule has 0 spiro atoms. The van der Waals surface area contributed by atoms with Crippen molar-refractivity contribution in [2.24, 2.45) is 5.41 Å². The fourth-order valence-corrected chi connectivity index (χ4v) is 7.51. The molecular weight excluding hydrogens is 522 g/mol.